The topological polar surface area (TPSA) is 38.3 Å². The molecule has 1 aliphatic rings. The van der Waals surface area contributed by atoms with Gasteiger partial charge in [-0.15, -0.1) is 0 Å². The van der Waals surface area contributed by atoms with Gasteiger partial charge < -0.3 is 9.64 Å². The van der Waals surface area contributed by atoms with Crippen LogP contribution < -0.4 is 4.74 Å². The van der Waals surface area contributed by atoms with Crippen LogP contribution in [0.25, 0.3) is 22.0 Å². The summed E-state index contributed by atoms with van der Waals surface area (Å²) in [6.45, 7) is 1.84. The molecule has 0 spiro atoms. The first-order valence-electron chi connectivity index (χ1n) is 9.89. The molecule has 2 heterocycles. The lowest BCUT2D eigenvalue weighted by molar-refractivity contribution is 0.286. The molecule has 0 N–H and O–H groups in total. The van der Waals surface area contributed by atoms with Crippen LogP contribution in [0.2, 0.25) is 0 Å². The van der Waals surface area contributed by atoms with E-state index in [0.29, 0.717) is 5.92 Å². The normalized spacial score (nSPS) is 16.6. The van der Waals surface area contributed by atoms with Crippen molar-refractivity contribution in [3.63, 3.8) is 0 Å². The van der Waals surface area contributed by atoms with Gasteiger partial charge in [0.1, 0.15) is 5.75 Å². The van der Waals surface area contributed by atoms with Crippen molar-refractivity contribution in [3.8, 4) is 17.0 Å². The minimum Gasteiger partial charge on any atom is -0.496 e. The number of likely N-dealkylation sites (N-methyl/N-ethyl adjacent to an activating group) is 1. The van der Waals surface area contributed by atoms with Crippen molar-refractivity contribution in [1.29, 1.82) is 0 Å². The Balaban J connectivity index is 1.66. The van der Waals surface area contributed by atoms with E-state index in [-0.39, 0.29) is 0 Å². The number of aromatic nitrogens is 2. The first-order chi connectivity index (χ1) is 14.2. The first-order valence-corrected chi connectivity index (χ1v) is 9.89. The summed E-state index contributed by atoms with van der Waals surface area (Å²) >= 11 is 0. The van der Waals surface area contributed by atoms with Gasteiger partial charge in [0.25, 0.3) is 0 Å². The SMILES string of the molecule is COc1c(-c2cccnn2)ccc2c1CN(C)CC2c1ccc2ccccc2c1. The van der Waals surface area contributed by atoms with Crippen LogP contribution in [0.5, 0.6) is 5.75 Å². The number of nitrogens with zero attached hydrogens (tertiary/aromatic N) is 3. The lowest BCUT2D eigenvalue weighted by Gasteiger charge is -2.34. The van der Waals surface area contributed by atoms with Crippen molar-refractivity contribution in [3.05, 3.63) is 89.6 Å². The highest BCUT2D eigenvalue weighted by Crippen LogP contribution is 2.42. The Morgan fingerprint density at radius 3 is 2.62 bits per heavy atom. The van der Waals surface area contributed by atoms with E-state index in [1.807, 2.05) is 12.1 Å². The zero-order valence-electron chi connectivity index (χ0n) is 16.7. The average Bonchev–Trinajstić information content (AvgIpc) is 2.78. The Morgan fingerprint density at radius 2 is 1.83 bits per heavy atom. The smallest absolute Gasteiger partial charge is 0.133 e. The van der Waals surface area contributed by atoms with E-state index in [0.717, 1.165) is 30.1 Å². The van der Waals surface area contributed by atoms with Crippen LogP contribution in [-0.4, -0.2) is 35.8 Å². The molecule has 0 saturated carbocycles. The van der Waals surface area contributed by atoms with Gasteiger partial charge in [-0.2, -0.15) is 10.2 Å². The van der Waals surface area contributed by atoms with Gasteiger partial charge in [0.05, 0.1) is 12.8 Å². The van der Waals surface area contributed by atoms with Gasteiger partial charge in [-0.05, 0) is 47.1 Å². The molecule has 3 aromatic carbocycles. The van der Waals surface area contributed by atoms with Crippen molar-refractivity contribution in [2.45, 2.75) is 12.5 Å². The predicted octanol–water partition coefficient (Wildman–Crippen LogP) is 4.88. The number of hydrogen-bond donors (Lipinski definition) is 0. The quantitative estimate of drug-likeness (QED) is 0.507. The van der Waals surface area contributed by atoms with Crippen LogP contribution in [0.1, 0.15) is 22.6 Å². The Labute approximate surface area is 170 Å². The minimum atomic E-state index is 0.304. The van der Waals surface area contributed by atoms with E-state index in [1.54, 1.807) is 13.3 Å². The third-order valence-electron chi connectivity index (χ3n) is 5.82. The van der Waals surface area contributed by atoms with Crippen LogP contribution in [0.4, 0.5) is 0 Å². The predicted molar refractivity (Wildman–Crippen MR) is 116 cm³/mol. The summed E-state index contributed by atoms with van der Waals surface area (Å²) < 4.78 is 5.91. The lowest BCUT2D eigenvalue weighted by atomic mass is 9.82. The van der Waals surface area contributed by atoms with E-state index >= 15 is 0 Å². The molecule has 1 aliphatic heterocycles. The number of methoxy groups -OCH3 is 1. The van der Waals surface area contributed by atoms with Crippen molar-refractivity contribution >= 4 is 10.8 Å². The van der Waals surface area contributed by atoms with Gasteiger partial charge in [-0.3, -0.25) is 0 Å². The molecule has 0 fully saturated rings. The second kappa shape index (κ2) is 7.30. The van der Waals surface area contributed by atoms with Crippen molar-refractivity contribution in [1.82, 2.24) is 15.1 Å². The molecular weight excluding hydrogens is 358 g/mol. The highest BCUT2D eigenvalue weighted by Gasteiger charge is 2.29. The fourth-order valence-electron chi connectivity index (χ4n) is 4.47. The standard InChI is InChI=1S/C25H23N3O/c1-28-15-22(19-10-9-17-6-3-4-7-18(17)14-19)20-11-12-21(24-8-5-13-26-27-24)25(29-2)23(20)16-28/h3-14,22H,15-16H2,1-2H3. The Morgan fingerprint density at radius 1 is 0.966 bits per heavy atom. The molecule has 0 amide bonds. The minimum absolute atomic E-state index is 0.304. The molecule has 1 aromatic heterocycles. The molecule has 0 saturated heterocycles. The third-order valence-corrected chi connectivity index (χ3v) is 5.82. The highest BCUT2D eigenvalue weighted by molar-refractivity contribution is 5.83. The van der Waals surface area contributed by atoms with E-state index in [2.05, 4.69) is 76.7 Å². The number of rotatable bonds is 3. The van der Waals surface area contributed by atoms with E-state index in [1.165, 1.54) is 27.5 Å². The number of fused-ring (bicyclic) bond motifs is 2. The lowest BCUT2D eigenvalue weighted by Crippen LogP contribution is -2.31. The molecular formula is C25H23N3O. The summed E-state index contributed by atoms with van der Waals surface area (Å²) in [5.41, 5.74) is 5.74. The zero-order valence-corrected chi connectivity index (χ0v) is 16.7. The van der Waals surface area contributed by atoms with Crippen LogP contribution in [0.3, 0.4) is 0 Å². The molecule has 0 bridgehead atoms. The molecule has 144 valence electrons. The Bertz CT molecular complexity index is 1170. The molecule has 1 atom stereocenters. The molecule has 1 unspecified atom stereocenters. The van der Waals surface area contributed by atoms with Gasteiger partial charge in [-0.1, -0.05) is 48.5 Å². The molecule has 5 rings (SSSR count). The van der Waals surface area contributed by atoms with Crippen LogP contribution >= 0.6 is 0 Å². The van der Waals surface area contributed by atoms with Crippen LogP contribution in [0, 0.1) is 0 Å². The summed E-state index contributed by atoms with van der Waals surface area (Å²) in [6, 6.07) is 23.6. The summed E-state index contributed by atoms with van der Waals surface area (Å²) in [6.07, 6.45) is 1.69. The third kappa shape index (κ3) is 3.15. The number of benzene rings is 3. The van der Waals surface area contributed by atoms with E-state index < -0.39 is 0 Å². The maximum atomic E-state index is 5.91. The molecule has 29 heavy (non-hydrogen) atoms. The largest absolute Gasteiger partial charge is 0.496 e. The second-order valence-electron chi connectivity index (χ2n) is 7.68. The van der Waals surface area contributed by atoms with Gasteiger partial charge in [0.15, 0.2) is 0 Å². The second-order valence-corrected chi connectivity index (χ2v) is 7.68. The maximum Gasteiger partial charge on any atom is 0.133 e. The molecule has 4 heteroatoms. The molecule has 0 aliphatic carbocycles. The monoisotopic (exact) mass is 381 g/mol. The fourth-order valence-corrected chi connectivity index (χ4v) is 4.47. The molecule has 0 radical (unpaired) electrons. The molecule has 4 nitrogen and oxygen atoms in total. The van der Waals surface area contributed by atoms with Crippen molar-refractivity contribution < 1.29 is 4.74 Å². The maximum absolute atomic E-state index is 5.91. The number of hydrogen-bond acceptors (Lipinski definition) is 4. The van der Waals surface area contributed by atoms with Crippen LogP contribution in [0.15, 0.2) is 72.9 Å². The van der Waals surface area contributed by atoms with E-state index in [4.69, 9.17) is 4.74 Å². The molecule has 4 aromatic rings. The van der Waals surface area contributed by atoms with Gasteiger partial charge in [0.2, 0.25) is 0 Å². The number of ether oxygens (including phenoxy) is 1. The highest BCUT2D eigenvalue weighted by atomic mass is 16.5. The summed E-state index contributed by atoms with van der Waals surface area (Å²) in [5, 5.41) is 10.9. The van der Waals surface area contributed by atoms with Gasteiger partial charge >= 0.3 is 0 Å². The van der Waals surface area contributed by atoms with Gasteiger partial charge in [-0.25, -0.2) is 0 Å². The van der Waals surface area contributed by atoms with Crippen molar-refractivity contribution in [2.75, 3.05) is 20.7 Å². The fraction of sp³-hybridized carbons (Fsp3) is 0.200. The van der Waals surface area contributed by atoms with Gasteiger partial charge in [0, 0.05) is 36.3 Å². The summed E-state index contributed by atoms with van der Waals surface area (Å²) in [5.74, 6) is 1.21. The summed E-state index contributed by atoms with van der Waals surface area (Å²) in [7, 11) is 3.92. The Kier molecular flexibility index (Phi) is 4.49. The van der Waals surface area contributed by atoms with Crippen LogP contribution in [-0.2, 0) is 6.54 Å². The summed E-state index contributed by atoms with van der Waals surface area (Å²) in [4.78, 5) is 2.37. The van der Waals surface area contributed by atoms with E-state index in [9.17, 15) is 0 Å². The average molecular weight is 381 g/mol. The first kappa shape index (κ1) is 17.8. The Hall–Kier alpha value is -3.24. The van der Waals surface area contributed by atoms with Crippen molar-refractivity contribution in [2.24, 2.45) is 0 Å². The zero-order chi connectivity index (χ0) is 19.8.